The van der Waals surface area contributed by atoms with Gasteiger partial charge in [0.15, 0.2) is 5.16 Å². The zero-order valence-corrected chi connectivity index (χ0v) is 18.8. The lowest BCUT2D eigenvalue weighted by atomic mass is 10.1. The minimum absolute atomic E-state index is 0.278. The molecule has 9 heteroatoms. The average molecular weight is 465 g/mol. The summed E-state index contributed by atoms with van der Waals surface area (Å²) in [7, 11) is 0. The van der Waals surface area contributed by atoms with Crippen LogP contribution in [0.5, 0.6) is 0 Å². The number of rotatable bonds is 3. The molecule has 3 heterocycles. The smallest absolute Gasteiger partial charge is 0.283 e. The van der Waals surface area contributed by atoms with Crippen LogP contribution in [0.4, 0.5) is 10.1 Å². The van der Waals surface area contributed by atoms with Gasteiger partial charge in [-0.3, -0.25) is 9.59 Å². The molecule has 4 aromatic rings. The predicted octanol–water partition coefficient (Wildman–Crippen LogP) is 4.82. The van der Waals surface area contributed by atoms with Crippen LogP contribution in [-0.4, -0.2) is 27.0 Å². The fraction of sp³-hybridized carbons (Fsp3) is 0.130. The molecule has 1 amide bonds. The van der Waals surface area contributed by atoms with Gasteiger partial charge in [0.1, 0.15) is 10.6 Å². The number of anilines is 1. The number of benzene rings is 2. The summed E-state index contributed by atoms with van der Waals surface area (Å²) < 4.78 is 14.5. The molecule has 0 fully saturated rings. The van der Waals surface area contributed by atoms with Gasteiger partial charge in [0.05, 0.1) is 16.0 Å². The molecule has 2 aromatic carbocycles. The normalized spacial score (nSPS) is 13.0. The third kappa shape index (κ3) is 3.63. The number of carbonyl (C=O) groups is 1. The largest absolute Gasteiger partial charge is 0.321 e. The Morgan fingerprint density at radius 3 is 2.53 bits per heavy atom. The quantitative estimate of drug-likeness (QED) is 0.441. The highest BCUT2D eigenvalue weighted by Gasteiger charge is 2.24. The summed E-state index contributed by atoms with van der Waals surface area (Å²) in [5.74, 6) is -0.0988. The van der Waals surface area contributed by atoms with Crippen LogP contribution in [0.25, 0.3) is 10.2 Å². The number of nitrogens with zero attached hydrogens (tertiary/aromatic N) is 3. The van der Waals surface area contributed by atoms with Crippen molar-refractivity contribution >= 4 is 50.6 Å². The molecule has 2 aromatic heterocycles. The molecule has 32 heavy (non-hydrogen) atoms. The molecule has 0 saturated carbocycles. The van der Waals surface area contributed by atoms with E-state index in [1.165, 1.54) is 39.9 Å². The number of aryl methyl sites for hydroxylation is 2. The molecular formula is C23H17FN4O2S2. The van der Waals surface area contributed by atoms with E-state index in [2.05, 4.69) is 15.4 Å². The summed E-state index contributed by atoms with van der Waals surface area (Å²) in [5.41, 5.74) is 3.46. The molecule has 0 atom stereocenters. The first kappa shape index (κ1) is 20.6. The van der Waals surface area contributed by atoms with E-state index in [4.69, 9.17) is 0 Å². The van der Waals surface area contributed by atoms with Crippen molar-refractivity contribution < 1.29 is 9.18 Å². The van der Waals surface area contributed by atoms with Crippen molar-refractivity contribution in [3.05, 3.63) is 86.3 Å². The average Bonchev–Trinajstić information content (AvgIpc) is 3.12. The molecule has 1 aliphatic heterocycles. The van der Waals surface area contributed by atoms with Crippen LogP contribution in [-0.2, 0) is 0 Å². The number of fused-ring (bicyclic) bond motifs is 2. The predicted molar refractivity (Wildman–Crippen MR) is 127 cm³/mol. The van der Waals surface area contributed by atoms with Crippen LogP contribution in [0.3, 0.4) is 0 Å². The van der Waals surface area contributed by atoms with Gasteiger partial charge in [-0.25, -0.2) is 9.37 Å². The molecule has 0 saturated heterocycles. The maximum absolute atomic E-state index is 13.3. The van der Waals surface area contributed by atoms with Crippen LogP contribution < -0.4 is 10.9 Å². The van der Waals surface area contributed by atoms with E-state index < -0.39 is 0 Å². The Kier molecular flexibility index (Phi) is 5.15. The van der Waals surface area contributed by atoms with Crippen molar-refractivity contribution in [1.29, 1.82) is 0 Å². The van der Waals surface area contributed by atoms with Crippen molar-refractivity contribution in [1.82, 2.24) is 9.66 Å². The molecule has 0 bridgehead atoms. The van der Waals surface area contributed by atoms with Crippen LogP contribution in [0.15, 0.2) is 63.6 Å². The van der Waals surface area contributed by atoms with E-state index in [9.17, 15) is 14.0 Å². The van der Waals surface area contributed by atoms with Crippen molar-refractivity contribution in [3.8, 4) is 0 Å². The standard InChI is InChI=1S/C23H17FN4O2S2/c1-12-3-9-16(10-4-12)25-20(29)19-13(2)18-21(32-19)26-23-28(22(18)30)27-17(11-31-23)14-5-7-15(24)8-6-14/h3-10H,11H2,1-2H3,(H,25,29). The molecule has 1 N–H and O–H groups in total. The second kappa shape index (κ2) is 7.99. The lowest BCUT2D eigenvalue weighted by Gasteiger charge is -2.15. The van der Waals surface area contributed by atoms with Gasteiger partial charge in [-0.1, -0.05) is 41.6 Å². The second-order valence-corrected chi connectivity index (χ2v) is 9.35. The Labute approximate surface area is 190 Å². The summed E-state index contributed by atoms with van der Waals surface area (Å²) in [4.78, 5) is 31.7. The SMILES string of the molecule is Cc1ccc(NC(=O)c2sc3nc4n(c(=O)c3c2C)N=C(c2ccc(F)cc2)CS4)cc1. The van der Waals surface area contributed by atoms with E-state index in [-0.39, 0.29) is 17.3 Å². The number of halogens is 1. The third-order valence-corrected chi connectivity index (χ3v) is 7.29. The summed E-state index contributed by atoms with van der Waals surface area (Å²) in [6.45, 7) is 3.73. The lowest BCUT2D eigenvalue weighted by molar-refractivity contribution is 0.103. The minimum atomic E-state index is -0.330. The number of aromatic nitrogens is 2. The van der Waals surface area contributed by atoms with Gasteiger partial charge in [0, 0.05) is 11.4 Å². The highest BCUT2D eigenvalue weighted by atomic mass is 32.2. The zero-order chi connectivity index (χ0) is 22.4. The van der Waals surface area contributed by atoms with E-state index >= 15 is 0 Å². The van der Waals surface area contributed by atoms with Crippen molar-refractivity contribution in [2.24, 2.45) is 5.10 Å². The number of nitrogens with one attached hydrogen (secondary N) is 1. The molecule has 0 radical (unpaired) electrons. The summed E-state index contributed by atoms with van der Waals surface area (Å²) in [5, 5.41) is 8.22. The van der Waals surface area contributed by atoms with Gasteiger partial charge in [0.25, 0.3) is 11.5 Å². The van der Waals surface area contributed by atoms with Gasteiger partial charge in [-0.2, -0.15) is 9.78 Å². The topological polar surface area (TPSA) is 76.3 Å². The lowest BCUT2D eigenvalue weighted by Crippen LogP contribution is -2.25. The van der Waals surface area contributed by atoms with Crippen LogP contribution in [0.2, 0.25) is 0 Å². The monoisotopic (exact) mass is 464 g/mol. The molecule has 1 aliphatic rings. The molecule has 0 aliphatic carbocycles. The molecule has 0 unspecified atom stereocenters. The molecular weight excluding hydrogens is 447 g/mol. The van der Waals surface area contributed by atoms with E-state index in [0.29, 0.717) is 43.0 Å². The highest BCUT2D eigenvalue weighted by Crippen LogP contribution is 2.31. The number of carbonyl (C=O) groups excluding carboxylic acids is 1. The summed E-state index contributed by atoms with van der Waals surface area (Å²) in [6.07, 6.45) is 0. The first-order chi connectivity index (χ1) is 15.4. The fourth-order valence-corrected chi connectivity index (χ4v) is 5.46. The first-order valence-corrected chi connectivity index (χ1v) is 11.6. The van der Waals surface area contributed by atoms with Gasteiger partial charge in [0.2, 0.25) is 0 Å². The van der Waals surface area contributed by atoms with Crippen LogP contribution in [0.1, 0.15) is 26.4 Å². The number of thiophene rings is 1. The maximum atomic E-state index is 13.3. The maximum Gasteiger partial charge on any atom is 0.283 e. The highest BCUT2D eigenvalue weighted by molar-refractivity contribution is 7.99. The Hall–Kier alpha value is -3.30. The van der Waals surface area contributed by atoms with Gasteiger partial charge < -0.3 is 5.32 Å². The first-order valence-electron chi connectivity index (χ1n) is 9.81. The van der Waals surface area contributed by atoms with E-state index in [0.717, 1.165) is 11.1 Å². The summed E-state index contributed by atoms with van der Waals surface area (Å²) >= 11 is 2.59. The zero-order valence-electron chi connectivity index (χ0n) is 17.2. The number of hydrogen-bond donors (Lipinski definition) is 1. The van der Waals surface area contributed by atoms with Crippen LogP contribution >= 0.6 is 23.1 Å². The second-order valence-electron chi connectivity index (χ2n) is 7.41. The summed E-state index contributed by atoms with van der Waals surface area (Å²) in [6, 6.07) is 13.5. The Morgan fingerprint density at radius 1 is 1.09 bits per heavy atom. The minimum Gasteiger partial charge on any atom is -0.321 e. The number of hydrogen-bond acceptors (Lipinski definition) is 6. The number of thioether (sulfide) groups is 1. The van der Waals surface area contributed by atoms with Crippen LogP contribution in [0, 0.1) is 19.7 Å². The Balaban J connectivity index is 1.55. The molecule has 160 valence electrons. The van der Waals surface area contributed by atoms with E-state index in [1.807, 2.05) is 31.2 Å². The third-order valence-electron chi connectivity index (χ3n) is 5.16. The Morgan fingerprint density at radius 2 is 1.81 bits per heavy atom. The molecule has 6 nitrogen and oxygen atoms in total. The molecule has 0 spiro atoms. The number of amides is 1. The van der Waals surface area contributed by atoms with Gasteiger partial charge in [-0.15, -0.1) is 11.3 Å². The Bertz CT molecular complexity index is 1450. The van der Waals surface area contributed by atoms with Gasteiger partial charge in [-0.05, 0) is 49.2 Å². The van der Waals surface area contributed by atoms with Gasteiger partial charge >= 0.3 is 0 Å². The van der Waals surface area contributed by atoms with Crippen molar-refractivity contribution in [2.75, 3.05) is 11.1 Å². The molecule has 5 rings (SSSR count). The fourth-order valence-electron chi connectivity index (χ4n) is 3.44. The van der Waals surface area contributed by atoms with Crippen molar-refractivity contribution in [2.45, 2.75) is 19.0 Å². The van der Waals surface area contributed by atoms with Crippen molar-refractivity contribution in [3.63, 3.8) is 0 Å². The van der Waals surface area contributed by atoms with E-state index in [1.54, 1.807) is 19.1 Å².